The Labute approximate surface area is 193 Å². The highest BCUT2D eigenvalue weighted by atomic mass is 35.5. The van der Waals surface area contributed by atoms with E-state index in [2.05, 4.69) is 10.3 Å². The van der Waals surface area contributed by atoms with Gasteiger partial charge in [-0.05, 0) is 61.0 Å². The molecule has 0 bridgehead atoms. The second kappa shape index (κ2) is 9.79. The van der Waals surface area contributed by atoms with E-state index in [-0.39, 0.29) is 36.8 Å². The van der Waals surface area contributed by atoms with Crippen LogP contribution in [0.2, 0.25) is 0 Å². The summed E-state index contributed by atoms with van der Waals surface area (Å²) in [5.41, 5.74) is -0.449. The number of hydrogen-bond acceptors (Lipinski definition) is 4. The van der Waals surface area contributed by atoms with Gasteiger partial charge in [-0.2, -0.15) is 13.2 Å². The number of aliphatic hydroxyl groups excluding tert-OH is 1. The third-order valence-electron chi connectivity index (χ3n) is 5.69. The molecule has 1 unspecified atom stereocenters. The molecule has 0 spiro atoms. The summed E-state index contributed by atoms with van der Waals surface area (Å²) in [6.45, 7) is 1.80. The van der Waals surface area contributed by atoms with Crippen molar-refractivity contribution >= 4 is 23.2 Å². The molecule has 0 saturated heterocycles. The fourth-order valence-corrected chi connectivity index (χ4v) is 3.91. The maximum Gasteiger partial charge on any atom is 0.419 e. The van der Waals surface area contributed by atoms with Crippen molar-refractivity contribution in [2.24, 2.45) is 0 Å². The highest BCUT2D eigenvalue weighted by molar-refractivity contribution is 5.88. The van der Waals surface area contributed by atoms with Crippen molar-refractivity contribution in [3.05, 3.63) is 71.1 Å². The smallest absolute Gasteiger partial charge is 0.419 e. The van der Waals surface area contributed by atoms with Gasteiger partial charge in [0.25, 0.3) is 0 Å². The van der Waals surface area contributed by atoms with Crippen LogP contribution in [-0.2, 0) is 12.7 Å². The molecule has 0 amide bonds. The molecule has 2 aromatic carbocycles. The first-order valence-corrected chi connectivity index (χ1v) is 10.1. The average molecular weight is 489 g/mol. The normalized spacial score (nSPS) is 19.0. The third kappa shape index (κ3) is 5.37. The van der Waals surface area contributed by atoms with Crippen LogP contribution in [0.1, 0.15) is 42.6 Å². The van der Waals surface area contributed by atoms with E-state index >= 15 is 0 Å². The lowest BCUT2D eigenvalue weighted by atomic mass is 9.88. The molecule has 10 heteroatoms. The zero-order valence-corrected chi connectivity index (χ0v) is 18.3. The number of fused-ring (bicyclic) bond motifs is 1. The van der Waals surface area contributed by atoms with E-state index in [0.717, 1.165) is 6.07 Å². The van der Waals surface area contributed by atoms with Crippen LogP contribution >= 0.6 is 12.4 Å². The second-order valence-corrected chi connectivity index (χ2v) is 7.95. The van der Waals surface area contributed by atoms with Gasteiger partial charge in [-0.3, -0.25) is 4.98 Å². The van der Waals surface area contributed by atoms with Crippen molar-refractivity contribution < 1.29 is 31.8 Å². The summed E-state index contributed by atoms with van der Waals surface area (Å²) < 4.78 is 72.2. The number of rotatable bonds is 6. The van der Waals surface area contributed by atoms with E-state index in [0.29, 0.717) is 40.8 Å². The van der Waals surface area contributed by atoms with Gasteiger partial charge in [0.15, 0.2) is 0 Å². The zero-order valence-electron chi connectivity index (χ0n) is 17.5. The number of pyridine rings is 1. The molecule has 4 rings (SSSR count). The molecule has 3 aromatic rings. The van der Waals surface area contributed by atoms with Gasteiger partial charge in [0.1, 0.15) is 23.5 Å². The molecule has 4 nitrogen and oxygen atoms in total. The molecule has 0 aliphatic heterocycles. The predicted molar refractivity (Wildman–Crippen MR) is 115 cm³/mol. The maximum absolute atomic E-state index is 14.7. The van der Waals surface area contributed by atoms with Gasteiger partial charge < -0.3 is 15.2 Å². The minimum Gasteiger partial charge on any atom is -0.490 e. The van der Waals surface area contributed by atoms with Crippen molar-refractivity contribution in [2.45, 2.75) is 50.7 Å². The SMILES string of the molecule is CC(O)c1cc(F)c(CNC2CC(Oc3ccc(F)c(C(F)(F)F)c3)C2)c2ccncc12.Cl. The fourth-order valence-electron chi connectivity index (χ4n) is 3.91. The first-order valence-electron chi connectivity index (χ1n) is 10.1. The van der Waals surface area contributed by atoms with Crippen LogP contribution in [0.25, 0.3) is 10.8 Å². The standard InChI is InChI=1S/C23H21F5N2O2.ClH/c1-12(31)17-9-22(25)19(16-4-5-29-10-18(16)17)11-30-13-6-15(7-13)32-14-2-3-21(24)20(8-14)23(26,27)28;/h2-5,8-10,12-13,15,30-31H,6-7,11H2,1H3;1H. The van der Waals surface area contributed by atoms with Gasteiger partial charge in [-0.25, -0.2) is 8.78 Å². The average Bonchev–Trinajstić information content (AvgIpc) is 2.70. The second-order valence-electron chi connectivity index (χ2n) is 7.95. The third-order valence-corrected chi connectivity index (χ3v) is 5.69. The lowest BCUT2D eigenvalue weighted by Gasteiger charge is -2.36. The summed E-state index contributed by atoms with van der Waals surface area (Å²) in [6.07, 6.45) is -1.77. The molecular formula is C23H22ClF5N2O2. The summed E-state index contributed by atoms with van der Waals surface area (Å²) in [5, 5.41) is 14.5. The molecule has 1 aliphatic carbocycles. The summed E-state index contributed by atoms with van der Waals surface area (Å²) >= 11 is 0. The number of nitrogens with one attached hydrogen (secondary N) is 1. The van der Waals surface area contributed by atoms with Gasteiger partial charge in [0.05, 0.1) is 11.7 Å². The molecule has 1 atom stereocenters. The van der Waals surface area contributed by atoms with E-state index in [9.17, 15) is 27.1 Å². The molecule has 178 valence electrons. The van der Waals surface area contributed by atoms with E-state index < -0.39 is 29.5 Å². The first-order chi connectivity index (χ1) is 15.1. The first kappa shape index (κ1) is 25.1. The molecule has 1 fully saturated rings. The largest absolute Gasteiger partial charge is 0.490 e. The lowest BCUT2D eigenvalue weighted by Crippen LogP contribution is -2.46. The minimum atomic E-state index is -4.79. The Morgan fingerprint density at radius 1 is 1.12 bits per heavy atom. The van der Waals surface area contributed by atoms with Gasteiger partial charge in [0, 0.05) is 35.9 Å². The molecule has 1 aromatic heterocycles. The molecule has 2 N–H and O–H groups in total. The van der Waals surface area contributed by atoms with Crippen molar-refractivity contribution in [3.8, 4) is 5.75 Å². The number of benzene rings is 2. The Balaban J connectivity index is 0.00000306. The number of aromatic nitrogens is 1. The Hall–Kier alpha value is -2.49. The number of halogens is 6. The van der Waals surface area contributed by atoms with Gasteiger partial charge >= 0.3 is 6.18 Å². The van der Waals surface area contributed by atoms with Crippen molar-refractivity contribution in [1.82, 2.24) is 10.3 Å². The van der Waals surface area contributed by atoms with Crippen LogP contribution in [0.15, 0.2) is 42.7 Å². The van der Waals surface area contributed by atoms with E-state index in [4.69, 9.17) is 4.74 Å². The van der Waals surface area contributed by atoms with Crippen LogP contribution in [0.5, 0.6) is 5.75 Å². The molecule has 0 radical (unpaired) electrons. The molecule has 33 heavy (non-hydrogen) atoms. The van der Waals surface area contributed by atoms with Gasteiger partial charge in [-0.1, -0.05) is 0 Å². The number of aliphatic hydroxyl groups is 1. The van der Waals surface area contributed by atoms with E-state index in [1.807, 2.05) is 0 Å². The van der Waals surface area contributed by atoms with E-state index in [1.165, 1.54) is 12.1 Å². The quantitative estimate of drug-likeness (QED) is 0.437. The lowest BCUT2D eigenvalue weighted by molar-refractivity contribution is -0.140. The number of alkyl halides is 3. The van der Waals surface area contributed by atoms with Crippen molar-refractivity contribution in [2.75, 3.05) is 0 Å². The van der Waals surface area contributed by atoms with Crippen LogP contribution in [0, 0.1) is 11.6 Å². The fraction of sp³-hybridized carbons (Fsp3) is 0.348. The van der Waals surface area contributed by atoms with Crippen LogP contribution in [-0.4, -0.2) is 22.2 Å². The topological polar surface area (TPSA) is 54.4 Å². The molecule has 1 heterocycles. The summed E-state index contributed by atoms with van der Waals surface area (Å²) in [6, 6.07) is 5.58. The van der Waals surface area contributed by atoms with Crippen LogP contribution in [0.3, 0.4) is 0 Å². The Morgan fingerprint density at radius 3 is 2.52 bits per heavy atom. The zero-order chi connectivity index (χ0) is 23.0. The van der Waals surface area contributed by atoms with E-state index in [1.54, 1.807) is 25.4 Å². The number of hydrogen-bond donors (Lipinski definition) is 2. The van der Waals surface area contributed by atoms with Crippen LogP contribution in [0.4, 0.5) is 22.0 Å². The summed E-state index contributed by atoms with van der Waals surface area (Å²) in [7, 11) is 0. The van der Waals surface area contributed by atoms with Crippen LogP contribution < -0.4 is 10.1 Å². The number of nitrogens with zero attached hydrogens (tertiary/aromatic N) is 1. The van der Waals surface area contributed by atoms with Crippen molar-refractivity contribution in [3.63, 3.8) is 0 Å². The highest BCUT2D eigenvalue weighted by Gasteiger charge is 2.36. The van der Waals surface area contributed by atoms with Gasteiger partial charge in [0.2, 0.25) is 0 Å². The Morgan fingerprint density at radius 2 is 1.85 bits per heavy atom. The Kier molecular flexibility index (Phi) is 7.45. The molecular weight excluding hydrogens is 467 g/mol. The molecule has 1 saturated carbocycles. The summed E-state index contributed by atoms with van der Waals surface area (Å²) in [5.74, 6) is -1.82. The number of ether oxygens (including phenoxy) is 1. The predicted octanol–water partition coefficient (Wildman–Crippen LogP) is 5.71. The molecule has 1 aliphatic rings. The minimum absolute atomic E-state index is 0. The Bertz CT molecular complexity index is 1130. The van der Waals surface area contributed by atoms with Crippen molar-refractivity contribution in [1.29, 1.82) is 0 Å². The monoisotopic (exact) mass is 488 g/mol. The maximum atomic E-state index is 14.7. The van der Waals surface area contributed by atoms with Gasteiger partial charge in [-0.15, -0.1) is 12.4 Å². The summed E-state index contributed by atoms with van der Waals surface area (Å²) in [4.78, 5) is 4.06. The highest BCUT2D eigenvalue weighted by Crippen LogP contribution is 2.35.